The van der Waals surface area contributed by atoms with Gasteiger partial charge in [-0.3, -0.25) is 4.79 Å². The van der Waals surface area contributed by atoms with Crippen LogP contribution in [0.25, 0.3) is 0 Å². The molecule has 1 heterocycles. The van der Waals surface area contributed by atoms with Crippen molar-refractivity contribution in [2.75, 3.05) is 5.32 Å². The monoisotopic (exact) mass is 491 g/mol. The Morgan fingerprint density at radius 1 is 1.23 bits per heavy atom. The van der Waals surface area contributed by atoms with Crippen LogP contribution in [0.3, 0.4) is 0 Å². The summed E-state index contributed by atoms with van der Waals surface area (Å²) in [5.74, 6) is -0.519. The predicted octanol–water partition coefficient (Wildman–Crippen LogP) is 5.78. The highest BCUT2D eigenvalue weighted by molar-refractivity contribution is 7.07. The number of carbonyl (C=O) groups is 1. The molecule has 0 fully saturated rings. The number of thiazole rings is 1. The highest BCUT2D eigenvalue weighted by Crippen LogP contribution is 2.25. The molecule has 31 heavy (non-hydrogen) atoms. The summed E-state index contributed by atoms with van der Waals surface area (Å²) >= 11 is 7.40. The van der Waals surface area contributed by atoms with E-state index < -0.39 is 6.36 Å². The van der Waals surface area contributed by atoms with Crippen molar-refractivity contribution in [3.8, 4) is 5.75 Å². The lowest BCUT2D eigenvalue weighted by Crippen LogP contribution is -2.19. The second kappa shape index (κ2) is 10.2. The minimum absolute atomic E-state index is 0. The lowest BCUT2D eigenvalue weighted by molar-refractivity contribution is -0.274. The Kier molecular flexibility index (Phi) is 8.16. The summed E-state index contributed by atoms with van der Waals surface area (Å²) in [6.45, 7) is 1.88. The van der Waals surface area contributed by atoms with Gasteiger partial charge >= 0.3 is 6.36 Å². The number of halogens is 5. The van der Waals surface area contributed by atoms with Gasteiger partial charge in [0.1, 0.15) is 5.75 Å². The zero-order chi connectivity index (χ0) is 21.9. The third-order valence-electron chi connectivity index (χ3n) is 4.11. The number of ether oxygens (including phenoxy) is 1. The van der Waals surface area contributed by atoms with Gasteiger partial charge in [-0.1, -0.05) is 17.7 Å². The smallest absolute Gasteiger partial charge is 0.406 e. The zero-order valence-electron chi connectivity index (χ0n) is 16.4. The molecular weight excluding hydrogens is 474 g/mol. The van der Waals surface area contributed by atoms with Crippen molar-refractivity contribution in [3.05, 3.63) is 68.9 Å². The minimum atomic E-state index is -4.74. The van der Waals surface area contributed by atoms with Crippen LogP contribution in [0, 0.1) is 6.92 Å². The third kappa shape index (κ3) is 7.02. The van der Waals surface area contributed by atoms with Gasteiger partial charge in [0.05, 0.1) is 12.1 Å². The predicted molar refractivity (Wildman–Crippen MR) is 117 cm³/mol. The highest BCUT2D eigenvalue weighted by Gasteiger charge is 2.30. The molecule has 0 saturated heterocycles. The van der Waals surface area contributed by atoms with Gasteiger partial charge in [-0.05, 0) is 48.9 Å². The maximum Gasteiger partial charge on any atom is 0.573 e. The first-order chi connectivity index (χ1) is 14.1. The van der Waals surface area contributed by atoms with E-state index in [9.17, 15) is 18.0 Å². The van der Waals surface area contributed by atoms with Crippen LogP contribution >= 0.6 is 35.3 Å². The van der Waals surface area contributed by atoms with Gasteiger partial charge < -0.3 is 14.6 Å². The number of anilines is 1. The molecule has 0 saturated carbocycles. The molecule has 1 amide bonds. The van der Waals surface area contributed by atoms with Crippen LogP contribution in [0.15, 0.2) is 52.8 Å². The van der Waals surface area contributed by atoms with Crippen LogP contribution in [0.4, 0.5) is 24.5 Å². The number of nitrogens with zero attached hydrogens (tertiary/aromatic N) is 2. The molecule has 3 rings (SSSR count). The molecule has 0 radical (unpaired) electrons. The fourth-order valence-corrected chi connectivity index (χ4v) is 3.63. The van der Waals surface area contributed by atoms with Crippen LogP contribution < -0.4 is 14.9 Å². The molecule has 0 unspecified atom stereocenters. The molecule has 11 heteroatoms. The molecule has 3 aromatic rings. The Morgan fingerprint density at radius 2 is 1.90 bits per heavy atom. The Hall–Kier alpha value is -2.49. The fraction of sp³-hybridized carbons (Fsp3) is 0.200. The van der Waals surface area contributed by atoms with Gasteiger partial charge in [-0.2, -0.15) is 0 Å². The van der Waals surface area contributed by atoms with Crippen molar-refractivity contribution in [1.29, 1.82) is 0 Å². The molecule has 1 N–H and O–H groups in total. The summed E-state index contributed by atoms with van der Waals surface area (Å²) < 4.78 is 42.3. The molecule has 0 atom stereocenters. The van der Waals surface area contributed by atoms with Crippen molar-refractivity contribution in [3.63, 3.8) is 0 Å². The van der Waals surface area contributed by atoms with Crippen molar-refractivity contribution >= 4 is 52.6 Å². The molecule has 0 aliphatic rings. The van der Waals surface area contributed by atoms with Crippen molar-refractivity contribution in [2.24, 2.45) is 12.0 Å². The third-order valence-corrected chi connectivity index (χ3v) is 5.48. The van der Waals surface area contributed by atoms with Crippen molar-refractivity contribution in [1.82, 2.24) is 4.57 Å². The first-order valence-electron chi connectivity index (χ1n) is 8.70. The van der Waals surface area contributed by atoms with Crippen molar-refractivity contribution in [2.45, 2.75) is 19.7 Å². The molecular formula is C20H18Cl2F3N3O2S. The summed E-state index contributed by atoms with van der Waals surface area (Å²) in [6, 6.07) is 10.5. The van der Waals surface area contributed by atoms with E-state index in [0.29, 0.717) is 21.2 Å². The van der Waals surface area contributed by atoms with E-state index in [-0.39, 0.29) is 30.5 Å². The minimum Gasteiger partial charge on any atom is -0.406 e. The average Bonchev–Trinajstić information content (AvgIpc) is 2.98. The second-order valence-corrected chi connectivity index (χ2v) is 7.65. The lowest BCUT2D eigenvalue weighted by Gasteiger charge is -2.08. The Morgan fingerprint density at radius 3 is 2.52 bits per heavy atom. The Balaban J connectivity index is 0.00000341. The standard InChI is InChI=1S/C20H17ClF3N3O2S.ClH/c1-12-3-4-14(9-17(12)21)25-18(28)10-15-11-30-19(27(15)2)26-13-5-7-16(8-6-13)29-20(22,23)24;/h3-9,11H,10H2,1-2H3,(H,25,28);1H. The molecule has 5 nitrogen and oxygen atoms in total. The number of nitrogens with one attached hydrogen (secondary N) is 1. The summed E-state index contributed by atoms with van der Waals surface area (Å²) in [5.41, 5.74) is 2.74. The molecule has 1 aromatic heterocycles. The lowest BCUT2D eigenvalue weighted by atomic mass is 10.2. The number of aromatic nitrogens is 1. The van der Waals surface area contributed by atoms with Gasteiger partial charge in [0, 0.05) is 28.8 Å². The number of benzene rings is 2. The molecule has 0 bridgehead atoms. The van der Waals surface area contributed by atoms with Crippen LogP contribution in [-0.2, 0) is 18.3 Å². The average molecular weight is 492 g/mol. The number of rotatable bonds is 5. The first-order valence-corrected chi connectivity index (χ1v) is 9.96. The number of alkyl halides is 3. The van der Waals surface area contributed by atoms with E-state index in [1.54, 1.807) is 23.7 Å². The topological polar surface area (TPSA) is 55.6 Å². The van der Waals surface area contributed by atoms with E-state index in [2.05, 4.69) is 15.0 Å². The van der Waals surface area contributed by atoms with E-state index in [1.165, 1.54) is 35.6 Å². The molecule has 0 aliphatic carbocycles. The van der Waals surface area contributed by atoms with Crippen LogP contribution in [0.2, 0.25) is 5.02 Å². The van der Waals surface area contributed by atoms with E-state index in [4.69, 9.17) is 11.6 Å². The Labute approximate surface area is 191 Å². The van der Waals surface area contributed by atoms with Gasteiger partial charge in [0.25, 0.3) is 0 Å². The normalized spacial score (nSPS) is 11.7. The molecule has 0 spiro atoms. The van der Waals surface area contributed by atoms with Gasteiger partial charge in [0.15, 0.2) is 4.80 Å². The molecule has 2 aromatic carbocycles. The van der Waals surface area contributed by atoms with Gasteiger partial charge in [-0.15, -0.1) is 36.9 Å². The number of hydrogen-bond acceptors (Lipinski definition) is 4. The van der Waals surface area contributed by atoms with Crippen LogP contribution in [0.5, 0.6) is 5.75 Å². The van der Waals surface area contributed by atoms with E-state index in [1.807, 2.05) is 18.4 Å². The second-order valence-electron chi connectivity index (χ2n) is 6.41. The molecule has 166 valence electrons. The number of aryl methyl sites for hydroxylation is 1. The molecule has 0 aliphatic heterocycles. The first kappa shape index (κ1) is 24.8. The highest BCUT2D eigenvalue weighted by atomic mass is 35.5. The van der Waals surface area contributed by atoms with Crippen LogP contribution in [-0.4, -0.2) is 16.8 Å². The van der Waals surface area contributed by atoms with Gasteiger partial charge in [-0.25, -0.2) is 4.99 Å². The SMILES string of the molecule is Cc1ccc(NC(=O)Cc2csc(=Nc3ccc(OC(F)(F)F)cc3)n2C)cc1Cl.Cl. The summed E-state index contributed by atoms with van der Waals surface area (Å²) in [7, 11) is 1.77. The van der Waals surface area contributed by atoms with Crippen molar-refractivity contribution < 1.29 is 22.7 Å². The summed E-state index contributed by atoms with van der Waals surface area (Å²) in [5, 5.41) is 5.18. The number of carbonyl (C=O) groups excluding carboxylic acids is 1. The van der Waals surface area contributed by atoms with Gasteiger partial charge in [0.2, 0.25) is 5.91 Å². The quantitative estimate of drug-likeness (QED) is 0.491. The van der Waals surface area contributed by atoms with E-state index >= 15 is 0 Å². The summed E-state index contributed by atoms with van der Waals surface area (Å²) in [4.78, 5) is 17.4. The zero-order valence-corrected chi connectivity index (χ0v) is 18.8. The summed E-state index contributed by atoms with van der Waals surface area (Å²) in [6.07, 6.45) is -4.61. The van der Waals surface area contributed by atoms with Crippen LogP contribution in [0.1, 0.15) is 11.3 Å². The number of hydrogen-bond donors (Lipinski definition) is 1. The maximum absolute atomic E-state index is 12.4. The largest absolute Gasteiger partial charge is 0.573 e. The Bertz CT molecular complexity index is 1130. The van der Waals surface area contributed by atoms with E-state index in [0.717, 1.165) is 11.3 Å². The number of amides is 1. The maximum atomic E-state index is 12.4. The fourth-order valence-electron chi connectivity index (χ4n) is 2.54.